The van der Waals surface area contributed by atoms with E-state index in [0.29, 0.717) is 17.3 Å². The number of rotatable bonds is 2. The predicted octanol–water partition coefficient (Wildman–Crippen LogP) is 1.06. The summed E-state index contributed by atoms with van der Waals surface area (Å²) >= 11 is 0. The molecule has 5 nitrogen and oxygen atoms in total. The highest BCUT2D eigenvalue weighted by atomic mass is 16.5. The summed E-state index contributed by atoms with van der Waals surface area (Å²) in [4.78, 5) is 11.0. The van der Waals surface area contributed by atoms with Gasteiger partial charge in [-0.3, -0.25) is 0 Å². The van der Waals surface area contributed by atoms with E-state index in [0.717, 1.165) is 5.69 Å². The van der Waals surface area contributed by atoms with Gasteiger partial charge in [-0.05, 0) is 12.1 Å². The number of nitrogen functional groups attached to an aromatic ring is 1. The maximum Gasteiger partial charge on any atom is 0.188 e. The maximum absolute atomic E-state index is 5.65. The predicted molar refractivity (Wildman–Crippen MR) is 52.8 cm³/mol. The van der Waals surface area contributed by atoms with Gasteiger partial charge in [0.25, 0.3) is 0 Å². The zero-order valence-electron chi connectivity index (χ0n) is 7.69. The van der Waals surface area contributed by atoms with Crippen LogP contribution in [0.3, 0.4) is 0 Å². The number of hydrogen-bond donors (Lipinski definition) is 2. The minimum atomic E-state index is 0.340. The number of nitrogens with two attached hydrogens (primary N) is 1. The summed E-state index contributed by atoms with van der Waals surface area (Å²) in [6, 6.07) is 3.78. The topological polar surface area (TPSA) is 76.8 Å². The van der Waals surface area contributed by atoms with Gasteiger partial charge in [-0.25, -0.2) is 9.97 Å². The molecule has 0 saturated heterocycles. The lowest BCUT2D eigenvalue weighted by Crippen LogP contribution is -1.99. The van der Waals surface area contributed by atoms with Crippen molar-refractivity contribution in [2.24, 2.45) is 0 Å². The Morgan fingerprint density at radius 2 is 2.29 bits per heavy atom. The Hall–Kier alpha value is -2.04. The van der Waals surface area contributed by atoms with Crippen LogP contribution in [-0.2, 0) is 0 Å². The molecule has 5 heteroatoms. The lowest BCUT2D eigenvalue weighted by molar-refractivity contribution is 0.415. The molecule has 0 aromatic carbocycles. The summed E-state index contributed by atoms with van der Waals surface area (Å²) in [7, 11) is 1.54. The molecule has 0 saturated carbocycles. The van der Waals surface area contributed by atoms with Gasteiger partial charge in [0.1, 0.15) is 12.0 Å². The second-order valence-corrected chi connectivity index (χ2v) is 2.72. The smallest absolute Gasteiger partial charge is 0.188 e. The monoisotopic (exact) mass is 190 g/mol. The van der Waals surface area contributed by atoms with Crippen molar-refractivity contribution in [3.63, 3.8) is 0 Å². The van der Waals surface area contributed by atoms with E-state index < -0.39 is 0 Å². The van der Waals surface area contributed by atoms with E-state index >= 15 is 0 Å². The first-order valence-corrected chi connectivity index (χ1v) is 4.11. The van der Waals surface area contributed by atoms with E-state index in [-0.39, 0.29) is 0 Å². The molecule has 0 bridgehead atoms. The van der Waals surface area contributed by atoms with Crippen LogP contribution in [-0.4, -0.2) is 22.1 Å². The Kier molecular flexibility index (Phi) is 2.06. The maximum atomic E-state index is 5.65. The third-order valence-electron chi connectivity index (χ3n) is 1.89. The van der Waals surface area contributed by atoms with E-state index in [1.807, 2.05) is 18.3 Å². The first kappa shape index (κ1) is 8.55. The molecule has 0 unspecified atom stereocenters. The summed E-state index contributed by atoms with van der Waals surface area (Å²) in [6.45, 7) is 0. The summed E-state index contributed by atoms with van der Waals surface area (Å²) in [5.41, 5.74) is 7.18. The molecule has 0 fully saturated rings. The number of H-pyrrole nitrogens is 1. The fourth-order valence-corrected chi connectivity index (χ4v) is 1.26. The van der Waals surface area contributed by atoms with Crippen molar-refractivity contribution in [2.45, 2.75) is 0 Å². The van der Waals surface area contributed by atoms with Gasteiger partial charge in [0.15, 0.2) is 11.6 Å². The van der Waals surface area contributed by atoms with Crippen LogP contribution >= 0.6 is 0 Å². The van der Waals surface area contributed by atoms with E-state index in [9.17, 15) is 0 Å². The number of aromatic nitrogens is 3. The van der Waals surface area contributed by atoms with Crippen molar-refractivity contribution in [3.8, 4) is 17.1 Å². The van der Waals surface area contributed by atoms with Gasteiger partial charge in [-0.1, -0.05) is 0 Å². The van der Waals surface area contributed by atoms with Gasteiger partial charge in [-0.15, -0.1) is 0 Å². The summed E-state index contributed by atoms with van der Waals surface area (Å²) in [5, 5.41) is 0. The van der Waals surface area contributed by atoms with Crippen molar-refractivity contribution in [2.75, 3.05) is 12.8 Å². The third-order valence-corrected chi connectivity index (χ3v) is 1.89. The molecule has 0 aliphatic carbocycles. The molecule has 0 atom stereocenters. The highest BCUT2D eigenvalue weighted by molar-refractivity contribution is 5.68. The van der Waals surface area contributed by atoms with Gasteiger partial charge in [-0.2, -0.15) is 0 Å². The molecule has 72 valence electrons. The number of hydrogen-bond acceptors (Lipinski definition) is 4. The molecule has 0 spiro atoms. The molecular formula is C9H10N4O. The molecular weight excluding hydrogens is 180 g/mol. The molecule has 0 aliphatic heterocycles. The summed E-state index contributed by atoms with van der Waals surface area (Å²) in [5.74, 6) is 0.835. The number of nitrogens with one attached hydrogen (secondary N) is 1. The fraction of sp³-hybridized carbons (Fsp3) is 0.111. The quantitative estimate of drug-likeness (QED) is 0.742. The SMILES string of the molecule is COc1c(N)ncnc1-c1ccc[nH]1. The van der Waals surface area contributed by atoms with Crippen LogP contribution in [0.25, 0.3) is 11.4 Å². The van der Waals surface area contributed by atoms with Crippen molar-refractivity contribution in [3.05, 3.63) is 24.7 Å². The van der Waals surface area contributed by atoms with Crippen LogP contribution in [0, 0.1) is 0 Å². The van der Waals surface area contributed by atoms with Gasteiger partial charge in [0, 0.05) is 6.20 Å². The lowest BCUT2D eigenvalue weighted by atomic mass is 10.2. The Morgan fingerprint density at radius 1 is 1.43 bits per heavy atom. The van der Waals surface area contributed by atoms with E-state index in [2.05, 4.69) is 15.0 Å². The van der Waals surface area contributed by atoms with E-state index in [1.54, 1.807) is 7.11 Å². The molecule has 0 amide bonds. The first-order chi connectivity index (χ1) is 6.83. The molecule has 0 aliphatic rings. The molecule has 14 heavy (non-hydrogen) atoms. The van der Waals surface area contributed by atoms with Crippen molar-refractivity contribution in [1.82, 2.24) is 15.0 Å². The second kappa shape index (κ2) is 3.37. The first-order valence-electron chi connectivity index (χ1n) is 4.11. The van der Waals surface area contributed by atoms with Gasteiger partial charge >= 0.3 is 0 Å². The average molecular weight is 190 g/mol. The van der Waals surface area contributed by atoms with Crippen molar-refractivity contribution in [1.29, 1.82) is 0 Å². The highest BCUT2D eigenvalue weighted by Crippen LogP contribution is 2.29. The number of methoxy groups -OCH3 is 1. The molecule has 2 rings (SSSR count). The van der Waals surface area contributed by atoms with Gasteiger partial charge in [0.05, 0.1) is 12.8 Å². The average Bonchev–Trinajstić information content (AvgIpc) is 2.70. The fourth-order valence-electron chi connectivity index (χ4n) is 1.26. The van der Waals surface area contributed by atoms with Crippen LogP contribution in [0.4, 0.5) is 5.82 Å². The zero-order valence-corrected chi connectivity index (χ0v) is 7.69. The Labute approximate surface area is 81.0 Å². The lowest BCUT2D eigenvalue weighted by Gasteiger charge is -2.06. The van der Waals surface area contributed by atoms with Gasteiger partial charge in [0.2, 0.25) is 0 Å². The zero-order chi connectivity index (χ0) is 9.97. The van der Waals surface area contributed by atoms with E-state index in [1.165, 1.54) is 6.33 Å². The van der Waals surface area contributed by atoms with Crippen molar-refractivity contribution < 1.29 is 4.74 Å². The molecule has 2 aromatic rings. The number of ether oxygens (including phenoxy) is 1. The molecule has 3 N–H and O–H groups in total. The number of aromatic amines is 1. The van der Waals surface area contributed by atoms with Gasteiger partial charge < -0.3 is 15.5 Å². The standard InChI is InChI=1S/C9H10N4O/c1-14-8-7(6-3-2-4-11-6)12-5-13-9(8)10/h2-5,11H,1H3,(H2,10,12,13). The number of anilines is 1. The van der Waals surface area contributed by atoms with Crippen LogP contribution in [0.5, 0.6) is 5.75 Å². The molecule has 0 radical (unpaired) electrons. The Bertz CT molecular complexity index is 424. The van der Waals surface area contributed by atoms with Crippen molar-refractivity contribution >= 4 is 5.82 Å². The Morgan fingerprint density at radius 3 is 2.93 bits per heavy atom. The Balaban J connectivity index is 2.58. The third kappa shape index (κ3) is 1.28. The summed E-state index contributed by atoms with van der Waals surface area (Å²) in [6.07, 6.45) is 3.22. The van der Waals surface area contributed by atoms with Crippen LogP contribution in [0.15, 0.2) is 24.7 Å². The van der Waals surface area contributed by atoms with E-state index in [4.69, 9.17) is 10.5 Å². The molecule has 2 aromatic heterocycles. The van der Waals surface area contributed by atoms with Crippen LogP contribution in [0.2, 0.25) is 0 Å². The molecule has 2 heterocycles. The van der Waals surface area contributed by atoms with Crippen LogP contribution in [0.1, 0.15) is 0 Å². The largest absolute Gasteiger partial charge is 0.491 e. The minimum Gasteiger partial charge on any atom is -0.491 e. The number of nitrogens with zero attached hydrogens (tertiary/aromatic N) is 2. The second-order valence-electron chi connectivity index (χ2n) is 2.72. The highest BCUT2D eigenvalue weighted by Gasteiger charge is 2.11. The minimum absolute atomic E-state index is 0.340. The summed E-state index contributed by atoms with van der Waals surface area (Å²) < 4.78 is 5.13. The normalized spacial score (nSPS) is 10.1. The van der Waals surface area contributed by atoms with Crippen LogP contribution < -0.4 is 10.5 Å².